The predicted octanol–water partition coefficient (Wildman–Crippen LogP) is 4.74. The first-order chi connectivity index (χ1) is 18.8. The number of rotatable bonds is 8. The van der Waals surface area contributed by atoms with E-state index in [0.29, 0.717) is 40.2 Å². The summed E-state index contributed by atoms with van der Waals surface area (Å²) in [5, 5.41) is 6.45. The number of sulfonamides is 1. The fraction of sp³-hybridized carbons (Fsp3) is 0.167. The number of hydroxylamine groups is 1. The van der Waals surface area contributed by atoms with Crippen LogP contribution in [0.25, 0.3) is 11.0 Å². The van der Waals surface area contributed by atoms with Gasteiger partial charge in [0.1, 0.15) is 29.3 Å². The number of fused-ring (bicyclic) bond motifs is 1. The zero-order valence-electron chi connectivity index (χ0n) is 20.9. The molecular weight excluding hydrogens is 575 g/mol. The van der Waals surface area contributed by atoms with Crippen LogP contribution < -0.4 is 16.1 Å². The fourth-order valence-corrected chi connectivity index (χ4v) is 4.95. The molecule has 0 fully saturated rings. The molecule has 0 radical (unpaired) electrons. The smallest absolute Gasteiger partial charge is 0.461 e. The number of aryl methyl sites for hydroxylation is 1. The number of hydrogen-bond acceptors (Lipinski definition) is 11. The maximum atomic E-state index is 12.8. The first-order valence-electron chi connectivity index (χ1n) is 11.1. The van der Waals surface area contributed by atoms with Gasteiger partial charge < -0.3 is 19.9 Å². The van der Waals surface area contributed by atoms with E-state index in [-0.39, 0.29) is 21.4 Å². The van der Waals surface area contributed by atoms with Crippen molar-refractivity contribution in [3.8, 4) is 0 Å². The van der Waals surface area contributed by atoms with E-state index in [1.54, 1.807) is 31.4 Å². The third kappa shape index (κ3) is 6.35. The van der Waals surface area contributed by atoms with Crippen LogP contribution in [0.15, 0.2) is 73.9 Å². The third-order valence-electron chi connectivity index (χ3n) is 5.30. The number of nitrogens with one attached hydrogen (secondary N) is 2. The Bertz CT molecular complexity index is 1760. The van der Waals surface area contributed by atoms with Crippen molar-refractivity contribution >= 4 is 61.7 Å². The van der Waals surface area contributed by atoms with Gasteiger partial charge in [0.25, 0.3) is 10.0 Å². The summed E-state index contributed by atoms with van der Waals surface area (Å²) in [5.74, 6) is -1.62. The van der Waals surface area contributed by atoms with Crippen LogP contribution in [0.5, 0.6) is 0 Å². The maximum Gasteiger partial charge on any atom is 0.492 e. The number of aromatic nitrogens is 2. The van der Waals surface area contributed by atoms with Crippen molar-refractivity contribution in [3.63, 3.8) is 0 Å². The molecule has 0 unspecified atom stereocenters. The van der Waals surface area contributed by atoms with Crippen molar-refractivity contribution in [1.29, 1.82) is 0 Å². The molecule has 40 heavy (non-hydrogen) atoms. The summed E-state index contributed by atoms with van der Waals surface area (Å²) < 4.78 is 68.6. The maximum absolute atomic E-state index is 12.8. The summed E-state index contributed by atoms with van der Waals surface area (Å²) in [6, 6.07) is 11.6. The number of anilines is 4. The number of carbonyl (C=O) groups is 1. The Morgan fingerprint density at radius 3 is 2.42 bits per heavy atom. The Morgan fingerprint density at radius 1 is 1.05 bits per heavy atom. The van der Waals surface area contributed by atoms with Gasteiger partial charge in [-0.2, -0.15) is 13.2 Å². The third-order valence-corrected chi connectivity index (χ3v) is 7.70. The van der Waals surface area contributed by atoms with Crippen LogP contribution in [0.2, 0.25) is 0 Å². The molecule has 4 aromatic rings. The normalized spacial score (nSPS) is 12.0. The van der Waals surface area contributed by atoms with Gasteiger partial charge in [0.2, 0.25) is 0 Å². The highest BCUT2D eigenvalue weighted by Crippen LogP contribution is 2.32. The molecule has 0 saturated carbocycles. The molecule has 16 heteroatoms. The van der Waals surface area contributed by atoms with Crippen LogP contribution in [-0.4, -0.2) is 48.3 Å². The first kappa shape index (κ1) is 28.8. The Labute approximate surface area is 229 Å². The second-order valence-electron chi connectivity index (χ2n) is 8.12. The second kappa shape index (κ2) is 11.1. The molecule has 0 aliphatic carbocycles. The number of halogens is 3. The molecule has 0 amide bonds. The molecule has 2 aromatic heterocycles. The number of benzene rings is 2. The lowest BCUT2D eigenvalue weighted by atomic mass is 10.2. The standard InChI is InChI=1S/C24H20F3N5O6S2/c1-13-8-18(33)16-6-4-14(9-19(16)37-13)30-21-11-22(29-12-28-21)31-17-10-15(5-7-20(17)39-3)40(35,36)32(2)38-23(34)24(25,26)27/h4-12H,1-3H3,(H2,28,29,30,31). The molecule has 4 rings (SSSR count). The van der Waals surface area contributed by atoms with E-state index in [1.807, 2.05) is 0 Å². The quantitative estimate of drug-likeness (QED) is 0.215. The number of hydrogen-bond donors (Lipinski definition) is 2. The first-order valence-corrected chi connectivity index (χ1v) is 13.8. The SMILES string of the molecule is CSc1ccc(S(=O)(=O)N(C)OC(=O)C(F)(F)F)cc1Nc1cc(Nc2ccc3c(=O)cc(C)oc3c2)ncn1. The molecule has 0 atom stereocenters. The van der Waals surface area contributed by atoms with Gasteiger partial charge in [0, 0.05) is 35.8 Å². The lowest BCUT2D eigenvalue weighted by Crippen LogP contribution is -2.36. The summed E-state index contributed by atoms with van der Waals surface area (Å²) in [6.45, 7) is 1.67. The number of carbonyl (C=O) groups excluding carboxylic acids is 1. The zero-order valence-corrected chi connectivity index (χ0v) is 22.6. The number of nitrogens with zero attached hydrogens (tertiary/aromatic N) is 3. The molecular formula is C24H20F3N5O6S2. The van der Waals surface area contributed by atoms with Gasteiger partial charge in [0.15, 0.2) is 5.43 Å². The van der Waals surface area contributed by atoms with E-state index in [1.165, 1.54) is 42.4 Å². The monoisotopic (exact) mass is 595 g/mol. The average Bonchev–Trinajstić information content (AvgIpc) is 2.88. The van der Waals surface area contributed by atoms with Crippen molar-refractivity contribution < 1.29 is 35.6 Å². The van der Waals surface area contributed by atoms with Crippen molar-refractivity contribution in [3.05, 3.63) is 70.8 Å². The summed E-state index contributed by atoms with van der Waals surface area (Å²) in [5.41, 5.74) is 1.05. The predicted molar refractivity (Wildman–Crippen MR) is 141 cm³/mol. The lowest BCUT2D eigenvalue weighted by molar-refractivity contribution is -0.219. The molecule has 0 bridgehead atoms. The van der Waals surface area contributed by atoms with E-state index in [4.69, 9.17) is 4.42 Å². The highest BCUT2D eigenvalue weighted by molar-refractivity contribution is 7.98. The van der Waals surface area contributed by atoms with Gasteiger partial charge in [-0.25, -0.2) is 23.2 Å². The van der Waals surface area contributed by atoms with E-state index >= 15 is 0 Å². The van der Waals surface area contributed by atoms with Gasteiger partial charge in [-0.15, -0.1) is 11.8 Å². The van der Waals surface area contributed by atoms with Crippen LogP contribution in [0, 0.1) is 6.92 Å². The number of alkyl halides is 3. The molecule has 0 saturated heterocycles. The van der Waals surface area contributed by atoms with Gasteiger partial charge >= 0.3 is 12.1 Å². The minimum atomic E-state index is -5.38. The van der Waals surface area contributed by atoms with Crippen molar-refractivity contribution in [2.45, 2.75) is 22.9 Å². The van der Waals surface area contributed by atoms with Gasteiger partial charge in [0.05, 0.1) is 16.0 Å². The lowest BCUT2D eigenvalue weighted by Gasteiger charge is -2.18. The van der Waals surface area contributed by atoms with E-state index in [9.17, 15) is 31.2 Å². The summed E-state index contributed by atoms with van der Waals surface area (Å²) in [7, 11) is -3.97. The number of thioether (sulfide) groups is 1. The minimum absolute atomic E-state index is 0.152. The van der Waals surface area contributed by atoms with E-state index in [2.05, 4.69) is 25.4 Å². The van der Waals surface area contributed by atoms with Gasteiger partial charge in [-0.1, -0.05) is 0 Å². The Morgan fingerprint density at radius 2 is 1.75 bits per heavy atom. The molecule has 210 valence electrons. The van der Waals surface area contributed by atoms with Crippen LogP contribution in [0.3, 0.4) is 0 Å². The van der Waals surface area contributed by atoms with E-state index < -0.39 is 27.1 Å². The summed E-state index contributed by atoms with van der Waals surface area (Å²) in [6.07, 6.45) is -2.39. The Kier molecular flexibility index (Phi) is 8.04. The van der Waals surface area contributed by atoms with Crippen LogP contribution in [-0.2, 0) is 19.7 Å². The molecule has 11 nitrogen and oxygen atoms in total. The van der Waals surface area contributed by atoms with Crippen LogP contribution in [0.4, 0.5) is 36.2 Å². The molecule has 2 heterocycles. The minimum Gasteiger partial charge on any atom is -0.461 e. The highest BCUT2D eigenvalue weighted by Gasteiger charge is 2.43. The largest absolute Gasteiger partial charge is 0.492 e. The molecule has 2 N–H and O–H groups in total. The van der Waals surface area contributed by atoms with Crippen molar-refractivity contribution in [2.75, 3.05) is 23.9 Å². The Balaban J connectivity index is 1.58. The molecule has 2 aromatic carbocycles. The van der Waals surface area contributed by atoms with Crippen LogP contribution in [0.1, 0.15) is 5.76 Å². The average molecular weight is 596 g/mol. The topological polar surface area (TPSA) is 144 Å². The summed E-state index contributed by atoms with van der Waals surface area (Å²) >= 11 is 1.27. The van der Waals surface area contributed by atoms with Crippen molar-refractivity contribution in [1.82, 2.24) is 14.4 Å². The van der Waals surface area contributed by atoms with Gasteiger partial charge in [-0.3, -0.25) is 4.79 Å². The van der Waals surface area contributed by atoms with Crippen molar-refractivity contribution in [2.24, 2.45) is 0 Å². The Hall–Kier alpha value is -4.15. The summed E-state index contributed by atoms with van der Waals surface area (Å²) in [4.78, 5) is 35.6. The van der Waals surface area contributed by atoms with E-state index in [0.717, 1.165) is 6.07 Å². The van der Waals surface area contributed by atoms with Crippen LogP contribution >= 0.6 is 11.8 Å². The zero-order chi connectivity index (χ0) is 29.2. The molecule has 0 aliphatic rings. The second-order valence-corrected chi connectivity index (χ2v) is 10.9. The van der Waals surface area contributed by atoms with Gasteiger partial charge in [-0.05, 0) is 48.0 Å². The fourth-order valence-electron chi connectivity index (χ4n) is 3.44. The highest BCUT2D eigenvalue weighted by atomic mass is 32.2. The molecule has 0 spiro atoms. The molecule has 0 aliphatic heterocycles.